The number of amides is 1. The van der Waals surface area contributed by atoms with Gasteiger partial charge in [-0.05, 0) is 74.9 Å². The van der Waals surface area contributed by atoms with E-state index in [1.165, 1.54) is 0 Å². The van der Waals surface area contributed by atoms with Crippen molar-refractivity contribution in [3.63, 3.8) is 0 Å². The summed E-state index contributed by atoms with van der Waals surface area (Å²) in [5.74, 6) is 1.82. The maximum absolute atomic E-state index is 13.3. The Labute approximate surface area is 194 Å². The molecule has 1 aliphatic heterocycles. The van der Waals surface area contributed by atoms with Gasteiger partial charge in [-0.2, -0.15) is 0 Å². The molecular weight excluding hydrogens is 416 g/mol. The van der Waals surface area contributed by atoms with Gasteiger partial charge in [-0.25, -0.2) is 9.97 Å². The number of piperidine rings is 1. The van der Waals surface area contributed by atoms with Gasteiger partial charge >= 0.3 is 0 Å². The van der Waals surface area contributed by atoms with E-state index in [1.807, 2.05) is 62.3 Å². The first-order valence-corrected chi connectivity index (χ1v) is 11.3. The van der Waals surface area contributed by atoms with Crippen LogP contribution in [0.15, 0.2) is 42.9 Å². The third kappa shape index (κ3) is 4.97. The van der Waals surface area contributed by atoms with Crippen LogP contribution >= 0.6 is 0 Å². The zero-order chi connectivity index (χ0) is 23.4. The van der Waals surface area contributed by atoms with Gasteiger partial charge in [0.25, 0.3) is 5.91 Å². The summed E-state index contributed by atoms with van der Waals surface area (Å²) in [4.78, 5) is 28.7. The molecule has 1 aromatic carbocycles. The number of hydrogen-bond donors (Lipinski definition) is 0. The van der Waals surface area contributed by atoms with Crippen LogP contribution < -0.4 is 9.47 Å². The molecular formula is C26H30N4O3. The number of likely N-dealkylation sites (tertiary alicyclic amines) is 1. The lowest BCUT2D eigenvalue weighted by Gasteiger charge is -2.36. The number of carbonyl (C=O) groups excluding carboxylic acids is 1. The molecule has 7 heteroatoms. The third-order valence-electron chi connectivity index (χ3n) is 6.06. The van der Waals surface area contributed by atoms with Crippen LogP contribution in [0, 0.1) is 20.8 Å². The number of aromatic nitrogens is 3. The van der Waals surface area contributed by atoms with E-state index in [-0.39, 0.29) is 18.6 Å². The van der Waals surface area contributed by atoms with E-state index in [0.29, 0.717) is 23.9 Å². The average molecular weight is 447 g/mol. The largest absolute Gasteiger partial charge is 0.493 e. The highest BCUT2D eigenvalue weighted by Gasteiger charge is 2.31. The third-order valence-corrected chi connectivity index (χ3v) is 6.06. The molecule has 0 radical (unpaired) electrons. The zero-order valence-electron chi connectivity index (χ0n) is 19.7. The van der Waals surface area contributed by atoms with Crippen molar-refractivity contribution < 1.29 is 14.3 Å². The molecule has 1 unspecified atom stereocenters. The number of ether oxygens (including phenoxy) is 2. The van der Waals surface area contributed by atoms with Crippen molar-refractivity contribution >= 4 is 5.91 Å². The first-order valence-electron chi connectivity index (χ1n) is 11.3. The summed E-state index contributed by atoms with van der Waals surface area (Å²) in [6.07, 6.45) is 8.34. The van der Waals surface area contributed by atoms with Crippen LogP contribution in [-0.2, 0) is 4.79 Å². The molecule has 0 spiro atoms. The molecule has 0 N–H and O–H groups in total. The summed E-state index contributed by atoms with van der Waals surface area (Å²) in [6, 6.07) is 7.54. The van der Waals surface area contributed by atoms with Crippen molar-refractivity contribution in [1.29, 1.82) is 0 Å². The van der Waals surface area contributed by atoms with Crippen LogP contribution in [0.5, 0.6) is 11.5 Å². The molecule has 172 valence electrons. The summed E-state index contributed by atoms with van der Waals surface area (Å²) in [6.45, 7) is 6.52. The van der Waals surface area contributed by atoms with Crippen LogP contribution in [0.2, 0.25) is 0 Å². The summed E-state index contributed by atoms with van der Waals surface area (Å²) in [5, 5.41) is 0. The Morgan fingerprint density at radius 2 is 1.94 bits per heavy atom. The topological polar surface area (TPSA) is 77.4 Å². The second kappa shape index (κ2) is 9.98. The Kier molecular flexibility index (Phi) is 6.87. The second-order valence-electron chi connectivity index (χ2n) is 8.45. The first kappa shape index (κ1) is 22.7. The lowest BCUT2D eigenvalue weighted by atomic mass is 9.92. The summed E-state index contributed by atoms with van der Waals surface area (Å²) in [5.41, 5.74) is 5.00. The predicted octanol–water partition coefficient (Wildman–Crippen LogP) is 4.61. The molecule has 0 saturated carbocycles. The molecule has 1 amide bonds. The Hall–Kier alpha value is -3.48. The number of hydrogen-bond acceptors (Lipinski definition) is 6. The van der Waals surface area contributed by atoms with Gasteiger partial charge in [0.2, 0.25) is 0 Å². The fraction of sp³-hybridized carbons (Fsp3) is 0.385. The summed E-state index contributed by atoms with van der Waals surface area (Å²) >= 11 is 0. The first-order chi connectivity index (χ1) is 16.0. The Morgan fingerprint density at radius 1 is 1.09 bits per heavy atom. The number of pyridine rings is 1. The Morgan fingerprint density at radius 3 is 2.73 bits per heavy atom. The molecule has 1 saturated heterocycles. The van der Waals surface area contributed by atoms with Gasteiger partial charge in [-0.3, -0.25) is 9.78 Å². The highest BCUT2D eigenvalue weighted by Crippen LogP contribution is 2.37. The number of aryl methyl sites for hydroxylation is 3. The molecule has 1 aliphatic rings. The minimum Gasteiger partial charge on any atom is -0.493 e. The number of methoxy groups -OCH3 is 1. The van der Waals surface area contributed by atoms with Gasteiger partial charge in [0.05, 0.1) is 18.8 Å². The van der Waals surface area contributed by atoms with E-state index in [4.69, 9.17) is 14.5 Å². The SMILES string of the molecule is COc1cc(C)ccc1OCC(=O)N1CCCCC1c1nc(C)ncc1-c1ccncc1C. The van der Waals surface area contributed by atoms with Crippen molar-refractivity contribution in [2.24, 2.45) is 0 Å². The van der Waals surface area contributed by atoms with Crippen LogP contribution in [-0.4, -0.2) is 46.0 Å². The summed E-state index contributed by atoms with van der Waals surface area (Å²) < 4.78 is 11.3. The van der Waals surface area contributed by atoms with Gasteiger partial charge in [-0.1, -0.05) is 6.07 Å². The molecule has 1 atom stereocenters. The maximum Gasteiger partial charge on any atom is 0.261 e. The molecule has 3 heterocycles. The molecule has 7 nitrogen and oxygen atoms in total. The average Bonchev–Trinajstić information content (AvgIpc) is 2.83. The van der Waals surface area contributed by atoms with E-state index in [0.717, 1.165) is 47.2 Å². The summed E-state index contributed by atoms with van der Waals surface area (Å²) in [7, 11) is 1.60. The van der Waals surface area contributed by atoms with Crippen molar-refractivity contribution in [3.8, 4) is 22.6 Å². The standard InChI is InChI=1S/C26H30N4O3/c1-17-8-9-23(24(13-17)32-4)33-16-25(31)30-12-6-5-7-22(30)26-21(15-28-19(3)29-26)20-10-11-27-14-18(20)2/h8-11,13-15,22H,5-7,12,16H2,1-4H3. The number of benzene rings is 1. The molecule has 2 aromatic heterocycles. The highest BCUT2D eigenvalue weighted by atomic mass is 16.5. The number of nitrogens with zero attached hydrogens (tertiary/aromatic N) is 4. The molecule has 1 fully saturated rings. The fourth-order valence-corrected chi connectivity index (χ4v) is 4.36. The normalized spacial score (nSPS) is 15.9. The lowest BCUT2D eigenvalue weighted by Crippen LogP contribution is -2.41. The lowest BCUT2D eigenvalue weighted by molar-refractivity contribution is -0.137. The smallest absolute Gasteiger partial charge is 0.261 e. The van der Waals surface area contributed by atoms with E-state index in [1.54, 1.807) is 13.3 Å². The molecule has 3 aromatic rings. The van der Waals surface area contributed by atoms with Crippen LogP contribution in [0.25, 0.3) is 11.1 Å². The molecule has 4 rings (SSSR count). The van der Waals surface area contributed by atoms with Gasteiger partial charge in [0, 0.05) is 30.7 Å². The van der Waals surface area contributed by atoms with E-state index in [9.17, 15) is 4.79 Å². The van der Waals surface area contributed by atoms with Crippen molar-refractivity contribution in [3.05, 3.63) is 65.5 Å². The monoisotopic (exact) mass is 446 g/mol. The van der Waals surface area contributed by atoms with Gasteiger partial charge < -0.3 is 14.4 Å². The van der Waals surface area contributed by atoms with E-state index in [2.05, 4.69) is 9.97 Å². The molecule has 0 bridgehead atoms. The zero-order valence-corrected chi connectivity index (χ0v) is 19.7. The quantitative estimate of drug-likeness (QED) is 0.551. The van der Waals surface area contributed by atoms with Crippen molar-refractivity contribution in [2.45, 2.75) is 46.1 Å². The van der Waals surface area contributed by atoms with Crippen molar-refractivity contribution in [2.75, 3.05) is 20.3 Å². The molecule has 0 aliphatic carbocycles. The minimum absolute atomic E-state index is 0.0520. The highest BCUT2D eigenvalue weighted by molar-refractivity contribution is 5.79. The van der Waals surface area contributed by atoms with Crippen LogP contribution in [0.4, 0.5) is 0 Å². The van der Waals surface area contributed by atoms with Crippen LogP contribution in [0.1, 0.15) is 47.9 Å². The van der Waals surface area contributed by atoms with Gasteiger partial charge in [-0.15, -0.1) is 0 Å². The van der Waals surface area contributed by atoms with Gasteiger partial charge in [0.15, 0.2) is 18.1 Å². The predicted molar refractivity (Wildman–Crippen MR) is 126 cm³/mol. The Balaban J connectivity index is 1.61. The van der Waals surface area contributed by atoms with E-state index < -0.39 is 0 Å². The maximum atomic E-state index is 13.3. The minimum atomic E-state index is -0.126. The number of carbonyl (C=O) groups is 1. The van der Waals surface area contributed by atoms with Crippen molar-refractivity contribution in [1.82, 2.24) is 19.9 Å². The van der Waals surface area contributed by atoms with E-state index >= 15 is 0 Å². The Bertz CT molecular complexity index is 1150. The van der Waals surface area contributed by atoms with Gasteiger partial charge in [0.1, 0.15) is 5.82 Å². The molecule has 33 heavy (non-hydrogen) atoms. The fourth-order valence-electron chi connectivity index (χ4n) is 4.36. The second-order valence-corrected chi connectivity index (χ2v) is 8.45. The number of rotatable bonds is 6. The van der Waals surface area contributed by atoms with Crippen LogP contribution in [0.3, 0.4) is 0 Å².